The van der Waals surface area contributed by atoms with Gasteiger partial charge in [0.05, 0.1) is 17.3 Å². The first-order valence-corrected chi connectivity index (χ1v) is 11.1. The third-order valence-electron chi connectivity index (χ3n) is 4.51. The quantitative estimate of drug-likeness (QED) is 0.312. The molecule has 176 valence electrons. The maximum Gasteiger partial charge on any atom is 0.412 e. The molecule has 2 rings (SSSR count). The lowest BCUT2D eigenvalue weighted by atomic mass is 9.94. The number of para-hydroxylation sites is 2. The van der Waals surface area contributed by atoms with E-state index in [9.17, 15) is 19.5 Å². The molecule has 1 atom stereocenters. The third kappa shape index (κ3) is 8.98. The van der Waals surface area contributed by atoms with Gasteiger partial charge in [-0.15, -0.1) is 11.6 Å². The van der Waals surface area contributed by atoms with Crippen molar-refractivity contribution in [3.63, 3.8) is 0 Å². The number of amides is 2. The number of benzene rings is 2. The van der Waals surface area contributed by atoms with Crippen LogP contribution in [0.1, 0.15) is 50.7 Å². The Kier molecular flexibility index (Phi) is 9.48. The molecule has 0 aromatic heterocycles. The van der Waals surface area contributed by atoms with E-state index in [2.05, 4.69) is 10.6 Å². The molecule has 2 aromatic rings. The van der Waals surface area contributed by atoms with E-state index in [0.29, 0.717) is 35.7 Å². The number of hydrogen-bond acceptors (Lipinski definition) is 4. The number of anilines is 2. The lowest BCUT2D eigenvalue weighted by Gasteiger charge is -2.20. The molecule has 0 heterocycles. The molecule has 0 radical (unpaired) electrons. The van der Waals surface area contributed by atoms with Crippen molar-refractivity contribution in [2.45, 2.75) is 45.1 Å². The lowest BCUT2D eigenvalue weighted by molar-refractivity contribution is -0.139. The Morgan fingerprint density at radius 2 is 1.64 bits per heavy atom. The molecule has 8 heteroatoms. The van der Waals surface area contributed by atoms with E-state index in [-0.39, 0.29) is 5.91 Å². The number of hydrogen-bond donors (Lipinski definition) is 3. The maximum absolute atomic E-state index is 12.4. The van der Waals surface area contributed by atoms with Crippen LogP contribution in [0.5, 0.6) is 0 Å². The summed E-state index contributed by atoms with van der Waals surface area (Å²) in [5.41, 5.74) is 1.63. The third-order valence-corrected chi connectivity index (χ3v) is 4.78. The van der Waals surface area contributed by atoms with Crippen LogP contribution in [0.3, 0.4) is 0 Å². The normalized spacial score (nSPS) is 12.2. The fraction of sp³-hybridized carbons (Fsp3) is 0.320. The van der Waals surface area contributed by atoms with Gasteiger partial charge in [-0.2, -0.15) is 0 Å². The maximum atomic E-state index is 12.4. The number of nitrogens with one attached hydrogen (secondary N) is 2. The smallest absolute Gasteiger partial charge is 0.412 e. The summed E-state index contributed by atoms with van der Waals surface area (Å²) in [5, 5.41) is 14.8. The zero-order valence-electron chi connectivity index (χ0n) is 18.9. The van der Waals surface area contributed by atoms with Crippen LogP contribution in [0.15, 0.2) is 54.6 Å². The minimum absolute atomic E-state index is 0.386. The fourth-order valence-corrected chi connectivity index (χ4v) is 3.17. The van der Waals surface area contributed by atoms with Gasteiger partial charge in [0.15, 0.2) is 0 Å². The van der Waals surface area contributed by atoms with Crippen LogP contribution >= 0.6 is 11.6 Å². The largest absolute Gasteiger partial charge is 0.481 e. The Bertz CT molecular complexity index is 997. The molecule has 7 nitrogen and oxygen atoms in total. The van der Waals surface area contributed by atoms with Gasteiger partial charge in [-0.3, -0.25) is 14.9 Å². The van der Waals surface area contributed by atoms with Crippen molar-refractivity contribution in [2.24, 2.45) is 0 Å². The average Bonchev–Trinajstić information content (AvgIpc) is 2.73. The van der Waals surface area contributed by atoms with Crippen molar-refractivity contribution in [2.75, 3.05) is 16.5 Å². The summed E-state index contributed by atoms with van der Waals surface area (Å²) in [6, 6.07) is 13.8. The zero-order valence-corrected chi connectivity index (χ0v) is 19.7. The van der Waals surface area contributed by atoms with Gasteiger partial charge in [-0.05, 0) is 62.9 Å². The number of aliphatic carboxylic acids is 1. The van der Waals surface area contributed by atoms with Crippen molar-refractivity contribution in [3.8, 4) is 0 Å². The van der Waals surface area contributed by atoms with Crippen LogP contribution in [0.2, 0.25) is 0 Å². The van der Waals surface area contributed by atoms with E-state index in [1.165, 1.54) is 6.08 Å². The lowest BCUT2D eigenvalue weighted by Crippen LogP contribution is -2.27. The van der Waals surface area contributed by atoms with Crippen LogP contribution in [0, 0.1) is 0 Å². The van der Waals surface area contributed by atoms with E-state index >= 15 is 0 Å². The number of rotatable bonds is 9. The van der Waals surface area contributed by atoms with Crippen molar-refractivity contribution in [1.29, 1.82) is 0 Å². The zero-order chi connectivity index (χ0) is 24.4. The highest BCUT2D eigenvalue weighted by Crippen LogP contribution is 2.24. The first-order valence-electron chi connectivity index (χ1n) is 10.6. The van der Waals surface area contributed by atoms with Gasteiger partial charge < -0.3 is 15.2 Å². The molecule has 0 saturated carbocycles. The van der Waals surface area contributed by atoms with Crippen LogP contribution in [-0.4, -0.2) is 34.6 Å². The minimum atomic E-state index is -0.888. The van der Waals surface area contributed by atoms with Gasteiger partial charge in [0, 0.05) is 12.0 Å². The summed E-state index contributed by atoms with van der Waals surface area (Å²) in [6.07, 6.45) is 3.45. The highest BCUT2D eigenvalue weighted by molar-refractivity contribution is 6.17. The Morgan fingerprint density at radius 3 is 2.18 bits per heavy atom. The van der Waals surface area contributed by atoms with Crippen LogP contribution < -0.4 is 10.6 Å². The molecule has 0 spiro atoms. The number of carbonyl (C=O) groups excluding carboxylic acids is 2. The molecule has 1 unspecified atom stereocenters. The second-order valence-corrected chi connectivity index (χ2v) is 8.76. The van der Waals surface area contributed by atoms with Crippen LogP contribution in [0.25, 0.3) is 6.08 Å². The molecule has 33 heavy (non-hydrogen) atoms. The van der Waals surface area contributed by atoms with Gasteiger partial charge in [0.1, 0.15) is 5.60 Å². The number of carboxylic acids is 1. The second kappa shape index (κ2) is 12.1. The van der Waals surface area contributed by atoms with Gasteiger partial charge in [0.25, 0.3) is 0 Å². The summed E-state index contributed by atoms with van der Waals surface area (Å²) in [4.78, 5) is 36.0. The molecule has 2 aromatic carbocycles. The summed E-state index contributed by atoms with van der Waals surface area (Å²) in [6.45, 7) is 5.29. The standard InChI is InChI=1S/C25H29ClN2O5/c1-25(2,3)33-24(32)28-21-9-5-4-8-20(21)27-22(29)15-12-17-10-13-18(14-11-17)19(23(30)31)7-6-16-26/h4-5,8-15,19H,6-7,16H2,1-3H3,(H,27,29)(H,28,32)(H,30,31)/b15-12+. The second-order valence-electron chi connectivity index (χ2n) is 8.38. The van der Waals surface area contributed by atoms with E-state index < -0.39 is 23.6 Å². The SMILES string of the molecule is CC(C)(C)OC(=O)Nc1ccccc1NC(=O)/C=C/c1ccc(C(CCCCl)C(=O)O)cc1. The number of ether oxygens (including phenoxy) is 1. The molecular formula is C25H29ClN2O5. The van der Waals surface area contributed by atoms with Crippen molar-refractivity contribution >= 4 is 47.0 Å². The molecule has 0 aliphatic heterocycles. The van der Waals surface area contributed by atoms with Gasteiger partial charge in [0.2, 0.25) is 5.91 Å². The summed E-state index contributed by atoms with van der Waals surface area (Å²) < 4.78 is 5.25. The molecule has 0 aliphatic rings. The average molecular weight is 473 g/mol. The molecule has 0 bridgehead atoms. The van der Waals surface area contributed by atoms with Gasteiger partial charge >= 0.3 is 12.1 Å². The molecule has 0 fully saturated rings. The van der Waals surface area contributed by atoms with Gasteiger partial charge in [-0.25, -0.2) is 4.79 Å². The monoisotopic (exact) mass is 472 g/mol. The highest BCUT2D eigenvalue weighted by Gasteiger charge is 2.19. The van der Waals surface area contributed by atoms with E-state index in [0.717, 1.165) is 5.56 Å². The van der Waals surface area contributed by atoms with E-state index in [4.69, 9.17) is 16.3 Å². The molecule has 3 N–H and O–H groups in total. The van der Waals surface area contributed by atoms with Gasteiger partial charge in [-0.1, -0.05) is 36.4 Å². The van der Waals surface area contributed by atoms with Crippen molar-refractivity contribution in [1.82, 2.24) is 0 Å². The molecule has 0 saturated heterocycles. The summed E-state index contributed by atoms with van der Waals surface area (Å²) in [7, 11) is 0. The fourth-order valence-electron chi connectivity index (χ4n) is 3.01. The van der Waals surface area contributed by atoms with E-state index in [1.807, 2.05) is 0 Å². The van der Waals surface area contributed by atoms with Crippen LogP contribution in [0.4, 0.5) is 16.2 Å². The van der Waals surface area contributed by atoms with E-state index in [1.54, 1.807) is 75.4 Å². The topological polar surface area (TPSA) is 105 Å². The Balaban J connectivity index is 2.03. The number of alkyl halides is 1. The predicted molar refractivity (Wildman–Crippen MR) is 131 cm³/mol. The Labute approximate surface area is 198 Å². The molecule has 0 aliphatic carbocycles. The Hall–Kier alpha value is -3.32. The highest BCUT2D eigenvalue weighted by atomic mass is 35.5. The molecular weight excluding hydrogens is 444 g/mol. The number of halogens is 1. The summed E-state index contributed by atoms with van der Waals surface area (Å²) in [5.74, 6) is -1.47. The molecule has 2 amide bonds. The van der Waals surface area contributed by atoms with Crippen molar-refractivity contribution < 1.29 is 24.2 Å². The first-order chi connectivity index (χ1) is 15.6. The minimum Gasteiger partial charge on any atom is -0.481 e. The Morgan fingerprint density at radius 1 is 1.03 bits per heavy atom. The number of carboxylic acid groups (broad SMARTS) is 1. The first kappa shape index (κ1) is 25.9. The summed E-state index contributed by atoms with van der Waals surface area (Å²) >= 11 is 5.68. The predicted octanol–water partition coefficient (Wildman–Crippen LogP) is 5.87. The van der Waals surface area contributed by atoms with Crippen LogP contribution in [-0.2, 0) is 14.3 Å². The van der Waals surface area contributed by atoms with Crippen molar-refractivity contribution in [3.05, 3.63) is 65.7 Å². The number of carbonyl (C=O) groups is 3.